The average molecular weight is 235 g/mol. The van der Waals surface area contributed by atoms with E-state index in [1.165, 1.54) is 24.0 Å². The smallest absolute Gasteiger partial charge is 0.0713 e. The SMILES string of the molecule is CCCC(C)(C)NCc1ccc(COC)cc1. The Morgan fingerprint density at radius 2 is 1.71 bits per heavy atom. The van der Waals surface area contributed by atoms with E-state index in [1.807, 2.05) is 0 Å². The Labute approximate surface area is 105 Å². The van der Waals surface area contributed by atoms with Gasteiger partial charge in [-0.2, -0.15) is 0 Å². The summed E-state index contributed by atoms with van der Waals surface area (Å²) in [5, 5.41) is 3.60. The van der Waals surface area contributed by atoms with Gasteiger partial charge in [-0.25, -0.2) is 0 Å². The number of benzene rings is 1. The van der Waals surface area contributed by atoms with Crippen LogP contribution in [0.3, 0.4) is 0 Å². The van der Waals surface area contributed by atoms with Crippen LogP contribution < -0.4 is 5.32 Å². The Balaban J connectivity index is 2.46. The van der Waals surface area contributed by atoms with Gasteiger partial charge >= 0.3 is 0 Å². The van der Waals surface area contributed by atoms with Gasteiger partial charge in [-0.3, -0.25) is 0 Å². The number of hydrogen-bond donors (Lipinski definition) is 1. The molecule has 0 saturated carbocycles. The van der Waals surface area contributed by atoms with E-state index in [-0.39, 0.29) is 5.54 Å². The topological polar surface area (TPSA) is 21.3 Å². The molecule has 96 valence electrons. The van der Waals surface area contributed by atoms with E-state index in [0.29, 0.717) is 6.61 Å². The van der Waals surface area contributed by atoms with E-state index in [1.54, 1.807) is 7.11 Å². The maximum Gasteiger partial charge on any atom is 0.0713 e. The molecule has 0 unspecified atom stereocenters. The van der Waals surface area contributed by atoms with Crippen LogP contribution in [0.15, 0.2) is 24.3 Å². The van der Waals surface area contributed by atoms with Gasteiger partial charge in [-0.15, -0.1) is 0 Å². The molecule has 0 aromatic heterocycles. The second-order valence-electron chi connectivity index (χ2n) is 5.24. The lowest BCUT2D eigenvalue weighted by atomic mass is 9.98. The van der Waals surface area contributed by atoms with Crippen LogP contribution in [-0.4, -0.2) is 12.6 Å². The predicted octanol–water partition coefficient (Wildman–Crippen LogP) is 3.50. The van der Waals surface area contributed by atoms with E-state index >= 15 is 0 Å². The molecule has 0 spiro atoms. The van der Waals surface area contributed by atoms with E-state index in [0.717, 1.165) is 6.54 Å². The van der Waals surface area contributed by atoms with E-state index in [9.17, 15) is 0 Å². The van der Waals surface area contributed by atoms with Gasteiger partial charge in [-0.05, 0) is 31.4 Å². The van der Waals surface area contributed by atoms with Crippen molar-refractivity contribution in [1.29, 1.82) is 0 Å². The fourth-order valence-corrected chi connectivity index (χ4v) is 1.97. The third kappa shape index (κ3) is 5.33. The minimum absolute atomic E-state index is 0.222. The summed E-state index contributed by atoms with van der Waals surface area (Å²) < 4.78 is 5.10. The van der Waals surface area contributed by atoms with Gasteiger partial charge in [-0.1, -0.05) is 37.6 Å². The molecule has 0 fully saturated rings. The first-order valence-corrected chi connectivity index (χ1v) is 6.39. The van der Waals surface area contributed by atoms with Gasteiger partial charge in [0.05, 0.1) is 6.61 Å². The molecule has 1 N–H and O–H groups in total. The van der Waals surface area contributed by atoms with Crippen LogP contribution >= 0.6 is 0 Å². The van der Waals surface area contributed by atoms with Crippen LogP contribution in [0.5, 0.6) is 0 Å². The van der Waals surface area contributed by atoms with Crippen molar-refractivity contribution in [1.82, 2.24) is 5.32 Å². The molecular formula is C15H25NO. The molecule has 2 nitrogen and oxygen atoms in total. The lowest BCUT2D eigenvalue weighted by Crippen LogP contribution is -2.38. The molecule has 17 heavy (non-hydrogen) atoms. The summed E-state index contributed by atoms with van der Waals surface area (Å²) in [4.78, 5) is 0. The standard InChI is InChI=1S/C15H25NO/c1-5-10-15(2,3)16-11-13-6-8-14(9-7-13)12-17-4/h6-9,16H,5,10-12H2,1-4H3. The van der Waals surface area contributed by atoms with Crippen LogP contribution in [-0.2, 0) is 17.9 Å². The number of ether oxygens (including phenoxy) is 1. The zero-order chi connectivity index (χ0) is 12.7. The van der Waals surface area contributed by atoms with Crippen LogP contribution in [0.2, 0.25) is 0 Å². The minimum Gasteiger partial charge on any atom is -0.380 e. The van der Waals surface area contributed by atoms with Gasteiger partial charge in [0, 0.05) is 19.2 Å². The summed E-state index contributed by atoms with van der Waals surface area (Å²) in [5.41, 5.74) is 2.78. The van der Waals surface area contributed by atoms with Gasteiger partial charge in [0.2, 0.25) is 0 Å². The van der Waals surface area contributed by atoms with Crippen molar-refractivity contribution >= 4 is 0 Å². The molecule has 1 rings (SSSR count). The molecule has 1 aromatic carbocycles. The Morgan fingerprint density at radius 1 is 1.12 bits per heavy atom. The molecule has 0 bridgehead atoms. The molecule has 2 heteroatoms. The van der Waals surface area contributed by atoms with Crippen molar-refractivity contribution in [2.24, 2.45) is 0 Å². The molecule has 0 atom stereocenters. The van der Waals surface area contributed by atoms with Crippen molar-refractivity contribution in [3.8, 4) is 0 Å². The highest BCUT2D eigenvalue weighted by molar-refractivity contribution is 5.22. The third-order valence-corrected chi connectivity index (χ3v) is 2.98. The number of hydrogen-bond acceptors (Lipinski definition) is 2. The van der Waals surface area contributed by atoms with Crippen LogP contribution in [0.25, 0.3) is 0 Å². The molecule has 0 aliphatic rings. The van der Waals surface area contributed by atoms with Gasteiger partial charge in [0.15, 0.2) is 0 Å². The fourth-order valence-electron chi connectivity index (χ4n) is 1.97. The zero-order valence-electron chi connectivity index (χ0n) is 11.5. The highest BCUT2D eigenvalue weighted by atomic mass is 16.5. The Bertz CT molecular complexity index is 316. The summed E-state index contributed by atoms with van der Waals surface area (Å²) in [5.74, 6) is 0. The van der Waals surface area contributed by atoms with Crippen molar-refractivity contribution in [2.45, 2.75) is 52.3 Å². The number of nitrogens with one attached hydrogen (secondary N) is 1. The lowest BCUT2D eigenvalue weighted by molar-refractivity contribution is 0.185. The molecule has 0 heterocycles. The van der Waals surface area contributed by atoms with Crippen molar-refractivity contribution < 1.29 is 4.74 Å². The molecule has 0 amide bonds. The Kier molecular flexibility index (Phi) is 5.66. The van der Waals surface area contributed by atoms with Crippen molar-refractivity contribution in [2.75, 3.05) is 7.11 Å². The quantitative estimate of drug-likeness (QED) is 0.781. The van der Waals surface area contributed by atoms with Crippen LogP contribution in [0.1, 0.15) is 44.7 Å². The summed E-state index contributed by atoms with van der Waals surface area (Å²) in [7, 11) is 1.72. The monoisotopic (exact) mass is 235 g/mol. The maximum atomic E-state index is 5.10. The summed E-state index contributed by atoms with van der Waals surface area (Å²) in [6.45, 7) is 8.36. The zero-order valence-corrected chi connectivity index (χ0v) is 11.5. The highest BCUT2D eigenvalue weighted by Crippen LogP contribution is 2.12. The van der Waals surface area contributed by atoms with Crippen LogP contribution in [0.4, 0.5) is 0 Å². The first kappa shape index (κ1) is 14.2. The molecular weight excluding hydrogens is 210 g/mol. The summed E-state index contributed by atoms with van der Waals surface area (Å²) in [6, 6.07) is 8.60. The van der Waals surface area contributed by atoms with Crippen LogP contribution in [0, 0.1) is 0 Å². The molecule has 1 aromatic rings. The number of rotatable bonds is 7. The second kappa shape index (κ2) is 6.77. The summed E-state index contributed by atoms with van der Waals surface area (Å²) >= 11 is 0. The molecule has 0 radical (unpaired) electrons. The molecule has 0 aliphatic carbocycles. The lowest BCUT2D eigenvalue weighted by Gasteiger charge is -2.26. The summed E-state index contributed by atoms with van der Waals surface area (Å²) in [6.07, 6.45) is 2.42. The van der Waals surface area contributed by atoms with Crippen molar-refractivity contribution in [3.05, 3.63) is 35.4 Å². The number of methoxy groups -OCH3 is 1. The van der Waals surface area contributed by atoms with Gasteiger partial charge in [0.25, 0.3) is 0 Å². The minimum atomic E-state index is 0.222. The predicted molar refractivity (Wildman–Crippen MR) is 73.0 cm³/mol. The largest absolute Gasteiger partial charge is 0.380 e. The van der Waals surface area contributed by atoms with Crippen molar-refractivity contribution in [3.63, 3.8) is 0 Å². The maximum absolute atomic E-state index is 5.10. The van der Waals surface area contributed by atoms with E-state index < -0.39 is 0 Å². The highest BCUT2D eigenvalue weighted by Gasteiger charge is 2.14. The average Bonchev–Trinajstić information content (AvgIpc) is 2.29. The van der Waals surface area contributed by atoms with Gasteiger partial charge in [0.1, 0.15) is 0 Å². The first-order chi connectivity index (χ1) is 8.07. The van der Waals surface area contributed by atoms with Gasteiger partial charge < -0.3 is 10.1 Å². The van der Waals surface area contributed by atoms with E-state index in [2.05, 4.69) is 50.4 Å². The third-order valence-electron chi connectivity index (χ3n) is 2.98. The fraction of sp³-hybridized carbons (Fsp3) is 0.600. The first-order valence-electron chi connectivity index (χ1n) is 6.39. The molecule has 0 aliphatic heterocycles. The van der Waals surface area contributed by atoms with E-state index in [4.69, 9.17) is 4.74 Å². The normalized spacial score (nSPS) is 11.8. The molecule has 0 saturated heterocycles. The Hall–Kier alpha value is -0.860. The second-order valence-corrected chi connectivity index (χ2v) is 5.24. The Morgan fingerprint density at radius 3 is 2.24 bits per heavy atom.